The molecule has 1 N–H and O–H groups in total. The van der Waals surface area contributed by atoms with Crippen LogP contribution in [0.3, 0.4) is 0 Å². The average molecular weight is 445 g/mol. The van der Waals surface area contributed by atoms with E-state index in [-0.39, 0.29) is 15.6 Å². The second-order valence-electron chi connectivity index (χ2n) is 6.35. The number of amides is 1. The fraction of sp³-hybridized carbons (Fsp3) is 0.278. The lowest BCUT2D eigenvalue weighted by atomic mass is 10.1. The summed E-state index contributed by atoms with van der Waals surface area (Å²) in [5.41, 5.74) is 0.899. The van der Waals surface area contributed by atoms with Crippen LogP contribution in [0.2, 0.25) is 5.02 Å². The van der Waals surface area contributed by atoms with E-state index in [9.17, 15) is 21.6 Å². The van der Waals surface area contributed by atoms with Crippen LogP contribution in [-0.4, -0.2) is 41.8 Å². The van der Waals surface area contributed by atoms with Gasteiger partial charge >= 0.3 is 0 Å². The number of rotatable bonds is 7. The molecule has 10 heteroatoms. The second-order valence-corrected chi connectivity index (χ2v) is 10.7. The zero-order chi connectivity index (χ0) is 21.1. The maximum atomic E-state index is 12.4. The van der Waals surface area contributed by atoms with Crippen LogP contribution in [-0.2, 0) is 24.7 Å². The fourth-order valence-electron chi connectivity index (χ4n) is 2.54. The third kappa shape index (κ3) is 5.70. The number of nitrogens with one attached hydrogen (secondary N) is 1. The Hall–Kier alpha value is -2.10. The molecule has 0 saturated heterocycles. The van der Waals surface area contributed by atoms with Crippen molar-refractivity contribution in [3.63, 3.8) is 0 Å². The standard InChI is InChI=1S/C18H21ClN2O5S2/c1-13(14-8-10-15(11-9-14)27(2,23)24)20-18(22)12-21(28(3,25)26)17-7-5-4-6-16(17)19/h4-11,13H,12H2,1-3H3,(H,20,22). The molecule has 0 bridgehead atoms. The Balaban J connectivity index is 2.15. The summed E-state index contributed by atoms with van der Waals surface area (Å²) >= 11 is 6.07. The third-order valence-electron chi connectivity index (χ3n) is 3.99. The Labute approximate surface area is 170 Å². The van der Waals surface area contributed by atoms with Crippen molar-refractivity contribution < 1.29 is 21.6 Å². The molecule has 2 aromatic rings. The zero-order valence-corrected chi connectivity index (χ0v) is 18.0. The van der Waals surface area contributed by atoms with E-state index in [0.717, 1.165) is 16.8 Å². The van der Waals surface area contributed by atoms with E-state index in [4.69, 9.17) is 11.6 Å². The minimum Gasteiger partial charge on any atom is -0.348 e. The highest BCUT2D eigenvalue weighted by atomic mass is 35.5. The number of sulfone groups is 1. The lowest BCUT2D eigenvalue weighted by Crippen LogP contribution is -2.41. The van der Waals surface area contributed by atoms with Gasteiger partial charge in [-0.1, -0.05) is 35.9 Å². The summed E-state index contributed by atoms with van der Waals surface area (Å²) in [5, 5.41) is 2.92. The molecule has 1 atom stereocenters. The number of benzene rings is 2. The van der Waals surface area contributed by atoms with Crippen molar-refractivity contribution in [1.82, 2.24) is 5.32 Å². The van der Waals surface area contributed by atoms with Gasteiger partial charge in [-0.25, -0.2) is 16.8 Å². The first-order chi connectivity index (χ1) is 12.9. The molecule has 0 heterocycles. The van der Waals surface area contributed by atoms with Crippen LogP contribution in [0.1, 0.15) is 18.5 Å². The lowest BCUT2D eigenvalue weighted by Gasteiger charge is -2.24. The SMILES string of the molecule is CC(NC(=O)CN(c1ccccc1Cl)S(C)(=O)=O)c1ccc(S(C)(=O)=O)cc1. The predicted molar refractivity (Wildman–Crippen MR) is 110 cm³/mol. The number of para-hydroxylation sites is 1. The monoisotopic (exact) mass is 444 g/mol. The average Bonchev–Trinajstić information content (AvgIpc) is 2.59. The van der Waals surface area contributed by atoms with Gasteiger partial charge < -0.3 is 5.32 Å². The summed E-state index contributed by atoms with van der Waals surface area (Å²) in [6, 6.07) is 12.0. The van der Waals surface area contributed by atoms with Crippen molar-refractivity contribution in [3.8, 4) is 0 Å². The Morgan fingerprint density at radius 2 is 1.61 bits per heavy atom. The second kappa shape index (κ2) is 8.50. The number of carbonyl (C=O) groups excluding carboxylic acids is 1. The van der Waals surface area contributed by atoms with Crippen molar-refractivity contribution in [3.05, 3.63) is 59.1 Å². The Morgan fingerprint density at radius 3 is 2.11 bits per heavy atom. The number of anilines is 1. The van der Waals surface area contributed by atoms with Crippen LogP contribution in [0.4, 0.5) is 5.69 Å². The summed E-state index contributed by atoms with van der Waals surface area (Å²) in [6.07, 6.45) is 2.11. The molecule has 1 amide bonds. The van der Waals surface area contributed by atoms with Gasteiger partial charge in [-0.05, 0) is 36.8 Å². The molecule has 0 aromatic heterocycles. The molecule has 0 fully saturated rings. The quantitative estimate of drug-likeness (QED) is 0.706. The molecule has 7 nitrogen and oxygen atoms in total. The molecule has 2 aromatic carbocycles. The first-order valence-corrected chi connectivity index (χ1v) is 12.3. The van der Waals surface area contributed by atoms with Crippen LogP contribution >= 0.6 is 11.6 Å². The zero-order valence-electron chi connectivity index (χ0n) is 15.6. The van der Waals surface area contributed by atoms with E-state index in [1.807, 2.05) is 0 Å². The van der Waals surface area contributed by atoms with Crippen LogP contribution < -0.4 is 9.62 Å². The molecule has 2 rings (SSSR count). The molecule has 0 aliphatic heterocycles. The van der Waals surface area contributed by atoms with Crippen LogP contribution in [0, 0.1) is 0 Å². The van der Waals surface area contributed by atoms with Gasteiger partial charge in [-0.15, -0.1) is 0 Å². The Kier molecular flexibility index (Phi) is 6.74. The van der Waals surface area contributed by atoms with Crippen molar-refractivity contribution in [2.75, 3.05) is 23.4 Å². The minimum absolute atomic E-state index is 0.178. The number of sulfonamides is 1. The maximum Gasteiger partial charge on any atom is 0.241 e. The molecule has 0 aliphatic carbocycles. The van der Waals surface area contributed by atoms with Gasteiger partial charge in [-0.3, -0.25) is 9.10 Å². The van der Waals surface area contributed by atoms with Crippen LogP contribution in [0.5, 0.6) is 0 Å². The van der Waals surface area contributed by atoms with Gasteiger partial charge in [0.2, 0.25) is 15.9 Å². The number of hydrogen-bond acceptors (Lipinski definition) is 5. The van der Waals surface area contributed by atoms with Crippen LogP contribution in [0.25, 0.3) is 0 Å². The fourth-order valence-corrected chi connectivity index (χ4v) is 4.33. The number of nitrogens with zero attached hydrogens (tertiary/aromatic N) is 1. The Bertz CT molecular complexity index is 1070. The largest absolute Gasteiger partial charge is 0.348 e. The van der Waals surface area contributed by atoms with Gasteiger partial charge in [0.15, 0.2) is 9.84 Å². The normalized spacial score (nSPS) is 13.0. The summed E-state index contributed by atoms with van der Waals surface area (Å²) in [6.45, 7) is 1.28. The third-order valence-corrected chi connectivity index (χ3v) is 6.57. The van der Waals surface area contributed by atoms with E-state index in [1.165, 1.54) is 18.2 Å². The molecule has 1 unspecified atom stereocenters. The van der Waals surface area contributed by atoms with Gasteiger partial charge in [0.05, 0.1) is 27.9 Å². The van der Waals surface area contributed by atoms with Gasteiger partial charge in [0.25, 0.3) is 0 Å². The highest BCUT2D eigenvalue weighted by Gasteiger charge is 2.23. The van der Waals surface area contributed by atoms with E-state index >= 15 is 0 Å². The molecule has 152 valence electrons. The van der Waals surface area contributed by atoms with E-state index in [2.05, 4.69) is 5.32 Å². The molecule has 0 spiro atoms. The van der Waals surface area contributed by atoms with Crippen molar-refractivity contribution in [2.45, 2.75) is 17.9 Å². The van der Waals surface area contributed by atoms with Gasteiger partial charge in [-0.2, -0.15) is 0 Å². The smallest absolute Gasteiger partial charge is 0.241 e. The topological polar surface area (TPSA) is 101 Å². The highest BCUT2D eigenvalue weighted by Crippen LogP contribution is 2.27. The number of carbonyl (C=O) groups is 1. The molecule has 28 heavy (non-hydrogen) atoms. The van der Waals surface area contributed by atoms with Crippen molar-refractivity contribution in [1.29, 1.82) is 0 Å². The van der Waals surface area contributed by atoms with Crippen molar-refractivity contribution in [2.24, 2.45) is 0 Å². The predicted octanol–water partition coefficient (Wildman–Crippen LogP) is 2.39. The molecule has 0 radical (unpaired) electrons. The maximum absolute atomic E-state index is 12.4. The Morgan fingerprint density at radius 1 is 1.04 bits per heavy atom. The summed E-state index contributed by atoms with van der Waals surface area (Å²) in [4.78, 5) is 12.6. The number of halogens is 1. The number of hydrogen-bond donors (Lipinski definition) is 1. The van der Waals surface area contributed by atoms with E-state index in [0.29, 0.717) is 5.56 Å². The summed E-state index contributed by atoms with van der Waals surface area (Å²) in [7, 11) is -7.05. The minimum atomic E-state index is -3.74. The highest BCUT2D eigenvalue weighted by molar-refractivity contribution is 7.92. The molecule has 0 saturated carbocycles. The molecule has 0 aliphatic rings. The summed E-state index contributed by atoms with van der Waals surface area (Å²) in [5.74, 6) is -0.523. The van der Waals surface area contributed by atoms with E-state index < -0.39 is 38.4 Å². The van der Waals surface area contributed by atoms with Crippen molar-refractivity contribution >= 4 is 43.1 Å². The van der Waals surface area contributed by atoms with Crippen LogP contribution in [0.15, 0.2) is 53.4 Å². The van der Waals surface area contributed by atoms with Gasteiger partial charge in [0.1, 0.15) is 6.54 Å². The first-order valence-electron chi connectivity index (χ1n) is 8.21. The molecular weight excluding hydrogens is 424 g/mol. The van der Waals surface area contributed by atoms with Gasteiger partial charge in [0, 0.05) is 6.26 Å². The molecular formula is C18H21ClN2O5S2. The lowest BCUT2D eigenvalue weighted by molar-refractivity contribution is -0.120. The first kappa shape index (κ1) is 22.2. The summed E-state index contributed by atoms with van der Waals surface area (Å²) < 4.78 is 48.3. The van der Waals surface area contributed by atoms with E-state index in [1.54, 1.807) is 37.3 Å².